The van der Waals surface area contributed by atoms with Gasteiger partial charge in [0.1, 0.15) is 11.6 Å². The van der Waals surface area contributed by atoms with Crippen molar-refractivity contribution >= 4 is 11.8 Å². The van der Waals surface area contributed by atoms with Crippen LogP contribution >= 0.6 is 0 Å². The lowest BCUT2D eigenvalue weighted by Gasteiger charge is -2.50. The molecule has 3 fully saturated rings. The summed E-state index contributed by atoms with van der Waals surface area (Å²) >= 11 is 0. The highest BCUT2D eigenvalue weighted by molar-refractivity contribution is 6.00. The predicted octanol–water partition coefficient (Wildman–Crippen LogP) is 2.08. The molecule has 2 amide bonds. The minimum atomic E-state index is -0.600. The van der Waals surface area contributed by atoms with Gasteiger partial charge in [0.15, 0.2) is 0 Å². The lowest BCUT2D eigenvalue weighted by atomic mass is 9.84. The molecule has 1 heterocycles. The standard InChI is InChI=1S/C16H26N2O2/c1-10(2)13-14(19)18(12-6-4-5-7-12)16(3,11-8-9-11)15(20)17-13/h10-13H,4-9H2,1-3H3,(H,17,20). The third-order valence-corrected chi connectivity index (χ3v) is 5.48. The second kappa shape index (κ2) is 4.74. The summed E-state index contributed by atoms with van der Waals surface area (Å²) in [7, 11) is 0. The van der Waals surface area contributed by atoms with Gasteiger partial charge in [-0.2, -0.15) is 0 Å². The largest absolute Gasteiger partial charge is 0.342 e. The number of rotatable bonds is 3. The van der Waals surface area contributed by atoms with Gasteiger partial charge in [-0.05, 0) is 44.4 Å². The van der Waals surface area contributed by atoms with Crippen molar-refractivity contribution in [3.63, 3.8) is 0 Å². The Balaban J connectivity index is 1.96. The molecule has 0 aromatic carbocycles. The second-order valence-corrected chi connectivity index (χ2v) is 7.26. The van der Waals surface area contributed by atoms with Crippen LogP contribution < -0.4 is 5.32 Å². The van der Waals surface area contributed by atoms with E-state index >= 15 is 0 Å². The van der Waals surface area contributed by atoms with Crippen molar-refractivity contribution in [2.45, 2.75) is 76.9 Å². The third kappa shape index (κ3) is 1.95. The fourth-order valence-electron chi connectivity index (χ4n) is 4.04. The monoisotopic (exact) mass is 278 g/mol. The average molecular weight is 278 g/mol. The number of nitrogens with zero attached hydrogens (tertiary/aromatic N) is 1. The fourth-order valence-corrected chi connectivity index (χ4v) is 4.04. The molecule has 20 heavy (non-hydrogen) atoms. The van der Waals surface area contributed by atoms with Crippen LogP contribution in [0, 0.1) is 11.8 Å². The Bertz CT molecular complexity index is 424. The number of hydrogen-bond acceptors (Lipinski definition) is 2. The Morgan fingerprint density at radius 1 is 1.15 bits per heavy atom. The van der Waals surface area contributed by atoms with Crippen molar-refractivity contribution in [1.82, 2.24) is 10.2 Å². The van der Waals surface area contributed by atoms with Crippen LogP contribution in [-0.2, 0) is 9.59 Å². The van der Waals surface area contributed by atoms with Gasteiger partial charge in [0.2, 0.25) is 11.8 Å². The normalized spacial score (nSPS) is 35.8. The van der Waals surface area contributed by atoms with Crippen molar-refractivity contribution in [2.24, 2.45) is 11.8 Å². The number of carbonyl (C=O) groups excluding carboxylic acids is 2. The van der Waals surface area contributed by atoms with Gasteiger partial charge < -0.3 is 10.2 Å². The number of carbonyl (C=O) groups is 2. The predicted molar refractivity (Wildman–Crippen MR) is 77.0 cm³/mol. The van der Waals surface area contributed by atoms with Crippen molar-refractivity contribution in [3.8, 4) is 0 Å². The smallest absolute Gasteiger partial charge is 0.246 e. The van der Waals surface area contributed by atoms with Gasteiger partial charge in [-0.15, -0.1) is 0 Å². The molecule has 2 unspecified atom stereocenters. The minimum Gasteiger partial charge on any atom is -0.342 e. The second-order valence-electron chi connectivity index (χ2n) is 7.26. The lowest BCUT2D eigenvalue weighted by molar-refractivity contribution is -0.163. The van der Waals surface area contributed by atoms with E-state index in [0.29, 0.717) is 5.92 Å². The average Bonchev–Trinajstić information content (AvgIpc) is 3.12. The van der Waals surface area contributed by atoms with E-state index in [1.165, 1.54) is 12.8 Å². The van der Waals surface area contributed by atoms with E-state index in [9.17, 15) is 9.59 Å². The van der Waals surface area contributed by atoms with Crippen molar-refractivity contribution in [2.75, 3.05) is 0 Å². The summed E-state index contributed by atoms with van der Waals surface area (Å²) in [5, 5.41) is 3.00. The summed E-state index contributed by atoms with van der Waals surface area (Å²) in [6.07, 6.45) is 6.64. The minimum absolute atomic E-state index is 0.0743. The molecule has 0 bridgehead atoms. The Labute approximate surface area is 121 Å². The first-order chi connectivity index (χ1) is 9.46. The van der Waals surface area contributed by atoms with Crippen LogP contribution in [0.5, 0.6) is 0 Å². The lowest BCUT2D eigenvalue weighted by Crippen LogP contribution is -2.73. The molecule has 0 radical (unpaired) electrons. The summed E-state index contributed by atoms with van der Waals surface area (Å²) < 4.78 is 0. The molecule has 0 spiro atoms. The molecule has 1 saturated heterocycles. The Morgan fingerprint density at radius 3 is 2.25 bits per heavy atom. The van der Waals surface area contributed by atoms with Gasteiger partial charge >= 0.3 is 0 Å². The van der Waals surface area contributed by atoms with Gasteiger partial charge in [0.25, 0.3) is 0 Å². The maximum atomic E-state index is 13.0. The molecule has 0 aromatic heterocycles. The summed E-state index contributed by atoms with van der Waals surface area (Å²) in [6, 6.07) is -0.0599. The van der Waals surface area contributed by atoms with E-state index in [1.54, 1.807) is 0 Å². The van der Waals surface area contributed by atoms with E-state index < -0.39 is 5.54 Å². The molecule has 2 atom stereocenters. The molecule has 1 aliphatic heterocycles. The van der Waals surface area contributed by atoms with Gasteiger partial charge in [0, 0.05) is 6.04 Å². The molecule has 4 heteroatoms. The number of hydrogen-bond donors (Lipinski definition) is 1. The quantitative estimate of drug-likeness (QED) is 0.859. The molecule has 0 aromatic rings. The van der Waals surface area contributed by atoms with Crippen molar-refractivity contribution in [3.05, 3.63) is 0 Å². The third-order valence-electron chi connectivity index (χ3n) is 5.48. The Kier molecular flexibility index (Phi) is 3.30. The highest BCUT2D eigenvalue weighted by Crippen LogP contribution is 2.47. The highest BCUT2D eigenvalue weighted by Gasteiger charge is 2.59. The molecule has 1 N–H and O–H groups in total. The van der Waals surface area contributed by atoms with Crippen LogP contribution in [0.1, 0.15) is 59.3 Å². The topological polar surface area (TPSA) is 49.4 Å². The zero-order valence-corrected chi connectivity index (χ0v) is 12.8. The Morgan fingerprint density at radius 2 is 1.75 bits per heavy atom. The molecule has 4 nitrogen and oxygen atoms in total. The maximum Gasteiger partial charge on any atom is 0.246 e. The fraction of sp³-hybridized carbons (Fsp3) is 0.875. The number of nitrogens with one attached hydrogen (secondary N) is 1. The molecule has 2 saturated carbocycles. The van der Waals surface area contributed by atoms with Gasteiger partial charge in [-0.1, -0.05) is 26.7 Å². The first-order valence-electron chi connectivity index (χ1n) is 8.10. The molecular weight excluding hydrogens is 252 g/mol. The first-order valence-corrected chi connectivity index (χ1v) is 8.10. The zero-order valence-electron chi connectivity index (χ0n) is 12.8. The SMILES string of the molecule is CC(C)C1NC(=O)C(C)(C2CC2)N(C2CCCC2)C1=O. The zero-order chi connectivity index (χ0) is 14.5. The van der Waals surface area contributed by atoms with E-state index in [2.05, 4.69) is 5.32 Å². The van der Waals surface area contributed by atoms with Gasteiger partial charge in [-0.3, -0.25) is 9.59 Å². The van der Waals surface area contributed by atoms with Crippen LogP contribution in [0.25, 0.3) is 0 Å². The van der Waals surface area contributed by atoms with Crippen LogP contribution in [0.2, 0.25) is 0 Å². The number of amides is 2. The van der Waals surface area contributed by atoms with Gasteiger partial charge in [-0.25, -0.2) is 0 Å². The van der Waals surface area contributed by atoms with Gasteiger partial charge in [0.05, 0.1) is 0 Å². The van der Waals surface area contributed by atoms with E-state index in [-0.39, 0.29) is 29.8 Å². The molecule has 2 aliphatic carbocycles. The highest BCUT2D eigenvalue weighted by atomic mass is 16.2. The van der Waals surface area contributed by atoms with E-state index in [1.807, 2.05) is 25.7 Å². The van der Waals surface area contributed by atoms with Crippen LogP contribution in [-0.4, -0.2) is 34.3 Å². The summed E-state index contributed by atoms with van der Waals surface area (Å²) in [5.74, 6) is 0.741. The summed E-state index contributed by atoms with van der Waals surface area (Å²) in [4.78, 5) is 27.7. The first kappa shape index (κ1) is 13.9. The summed E-state index contributed by atoms with van der Waals surface area (Å²) in [5.41, 5.74) is -0.600. The van der Waals surface area contributed by atoms with Crippen LogP contribution in [0.15, 0.2) is 0 Å². The van der Waals surface area contributed by atoms with Crippen LogP contribution in [0.4, 0.5) is 0 Å². The molecule has 3 rings (SSSR count). The Hall–Kier alpha value is -1.06. The molecule has 3 aliphatic rings. The number of piperazine rings is 1. The van der Waals surface area contributed by atoms with Crippen LogP contribution in [0.3, 0.4) is 0 Å². The van der Waals surface area contributed by atoms with E-state index in [0.717, 1.165) is 25.7 Å². The van der Waals surface area contributed by atoms with Crippen molar-refractivity contribution in [1.29, 1.82) is 0 Å². The molecular formula is C16H26N2O2. The van der Waals surface area contributed by atoms with Crippen molar-refractivity contribution < 1.29 is 9.59 Å². The maximum absolute atomic E-state index is 13.0. The molecule has 112 valence electrons. The van der Waals surface area contributed by atoms with E-state index in [4.69, 9.17) is 0 Å². The summed E-state index contributed by atoms with van der Waals surface area (Å²) in [6.45, 7) is 6.01.